The number of hydrogen-bond acceptors (Lipinski definition) is 6. The van der Waals surface area contributed by atoms with Crippen LogP contribution >= 0.6 is 0 Å². The number of benzene rings is 1. The van der Waals surface area contributed by atoms with Gasteiger partial charge in [-0.15, -0.1) is 0 Å². The molecule has 1 fully saturated rings. The molecule has 12 heteroatoms. The molecule has 1 aliphatic rings. The van der Waals surface area contributed by atoms with Gasteiger partial charge < -0.3 is 24.6 Å². The number of nitrogens with one attached hydrogen (secondary N) is 1. The Balaban J connectivity index is 0.000000429. The van der Waals surface area contributed by atoms with E-state index in [2.05, 4.69) is 20.2 Å². The molecule has 4 rings (SSSR count). The number of amides is 1. The zero-order valence-electron chi connectivity index (χ0n) is 19.0. The van der Waals surface area contributed by atoms with Crippen LogP contribution in [0.1, 0.15) is 16.1 Å². The number of aliphatic carboxylic acids is 1. The van der Waals surface area contributed by atoms with Gasteiger partial charge in [-0.05, 0) is 24.6 Å². The minimum atomic E-state index is -5.08. The largest absolute Gasteiger partial charge is 0.490 e. The van der Waals surface area contributed by atoms with Crippen molar-refractivity contribution in [2.24, 2.45) is 7.05 Å². The number of nitrogens with zero attached hydrogens (tertiary/aromatic N) is 4. The number of para-hydroxylation sites is 1. The number of anilines is 2. The Labute approximate surface area is 199 Å². The van der Waals surface area contributed by atoms with Crippen LogP contribution in [0.15, 0.2) is 48.9 Å². The van der Waals surface area contributed by atoms with Crippen molar-refractivity contribution < 1.29 is 32.6 Å². The van der Waals surface area contributed by atoms with Gasteiger partial charge in [0.2, 0.25) is 5.95 Å². The van der Waals surface area contributed by atoms with Crippen LogP contribution in [0.25, 0.3) is 11.1 Å². The molecule has 186 valence electrons. The van der Waals surface area contributed by atoms with Crippen molar-refractivity contribution in [3.05, 3.63) is 60.2 Å². The minimum Gasteiger partial charge on any atom is -0.475 e. The predicted octanol–water partition coefficient (Wildman–Crippen LogP) is 3.51. The van der Waals surface area contributed by atoms with Crippen molar-refractivity contribution in [2.45, 2.75) is 13.1 Å². The molecule has 35 heavy (non-hydrogen) atoms. The van der Waals surface area contributed by atoms with Crippen LogP contribution in [0.3, 0.4) is 0 Å². The molecule has 3 heterocycles. The standard InChI is InChI=1S/C21H23N5O2.C2HF3O2/c1-15-5-3-4-6-18(15)24-20(27)19-11-16(14-25(19)2)17-12-22-21(23-13-17)26-7-9-28-10-8-26;3-2(4,5)1(6)7/h3-6,11-14H,7-10H2,1-2H3,(H,24,27);(H,6,7). The Morgan fingerprint density at radius 1 is 1.09 bits per heavy atom. The normalized spacial score (nSPS) is 13.6. The molecule has 0 spiro atoms. The number of carbonyl (C=O) groups is 2. The van der Waals surface area contributed by atoms with Gasteiger partial charge in [0.05, 0.1) is 13.2 Å². The summed E-state index contributed by atoms with van der Waals surface area (Å²) in [6.45, 7) is 4.97. The van der Waals surface area contributed by atoms with Crippen LogP contribution in [0.2, 0.25) is 0 Å². The summed E-state index contributed by atoms with van der Waals surface area (Å²) in [6, 6.07) is 9.59. The van der Waals surface area contributed by atoms with Crippen LogP contribution in [-0.2, 0) is 16.6 Å². The summed E-state index contributed by atoms with van der Waals surface area (Å²) < 4.78 is 38.9. The minimum absolute atomic E-state index is 0.145. The van der Waals surface area contributed by atoms with Gasteiger partial charge in [0.1, 0.15) is 5.69 Å². The number of halogens is 3. The number of aromatic nitrogens is 3. The van der Waals surface area contributed by atoms with E-state index in [0.717, 1.165) is 35.5 Å². The molecule has 0 aliphatic carbocycles. The quantitative estimate of drug-likeness (QED) is 0.575. The number of hydrogen-bond donors (Lipinski definition) is 2. The van der Waals surface area contributed by atoms with E-state index < -0.39 is 12.1 Å². The van der Waals surface area contributed by atoms with Gasteiger partial charge in [-0.25, -0.2) is 14.8 Å². The number of alkyl halides is 3. The first-order valence-corrected chi connectivity index (χ1v) is 10.5. The second-order valence-electron chi connectivity index (χ2n) is 7.67. The lowest BCUT2D eigenvalue weighted by molar-refractivity contribution is -0.192. The van der Waals surface area contributed by atoms with Crippen molar-refractivity contribution in [3.8, 4) is 11.1 Å². The van der Waals surface area contributed by atoms with Gasteiger partial charge in [-0.1, -0.05) is 18.2 Å². The van der Waals surface area contributed by atoms with Gasteiger partial charge in [-0.3, -0.25) is 4.79 Å². The fourth-order valence-corrected chi connectivity index (χ4v) is 3.24. The Kier molecular flexibility index (Phi) is 8.07. The highest BCUT2D eigenvalue weighted by Gasteiger charge is 2.38. The van der Waals surface area contributed by atoms with Crippen molar-refractivity contribution in [2.75, 3.05) is 36.5 Å². The van der Waals surface area contributed by atoms with E-state index in [4.69, 9.17) is 14.6 Å². The first-order chi connectivity index (χ1) is 16.6. The van der Waals surface area contributed by atoms with Crippen LogP contribution in [0, 0.1) is 6.92 Å². The summed E-state index contributed by atoms with van der Waals surface area (Å²) in [5.74, 6) is -2.19. The Hall–Kier alpha value is -3.93. The Bertz CT molecular complexity index is 1170. The lowest BCUT2D eigenvalue weighted by Gasteiger charge is -2.26. The molecule has 1 aromatic carbocycles. The summed E-state index contributed by atoms with van der Waals surface area (Å²) in [5.41, 5.74) is 4.20. The smallest absolute Gasteiger partial charge is 0.475 e. The summed E-state index contributed by atoms with van der Waals surface area (Å²) >= 11 is 0. The molecule has 1 saturated heterocycles. The average Bonchev–Trinajstić information content (AvgIpc) is 3.23. The first kappa shape index (κ1) is 25.7. The highest BCUT2D eigenvalue weighted by atomic mass is 19.4. The summed E-state index contributed by atoms with van der Waals surface area (Å²) in [4.78, 5) is 32.7. The molecule has 0 bridgehead atoms. The molecule has 1 amide bonds. The van der Waals surface area contributed by atoms with E-state index in [0.29, 0.717) is 24.9 Å². The highest BCUT2D eigenvalue weighted by Crippen LogP contribution is 2.23. The number of rotatable bonds is 4. The van der Waals surface area contributed by atoms with Crippen molar-refractivity contribution >= 4 is 23.5 Å². The maximum absolute atomic E-state index is 12.7. The van der Waals surface area contributed by atoms with E-state index in [9.17, 15) is 18.0 Å². The molecule has 0 saturated carbocycles. The van der Waals surface area contributed by atoms with E-state index in [-0.39, 0.29) is 5.91 Å². The number of aryl methyl sites for hydroxylation is 2. The molecule has 1 aliphatic heterocycles. The topological polar surface area (TPSA) is 110 Å². The molecular weight excluding hydrogens is 467 g/mol. The van der Waals surface area contributed by atoms with Crippen LogP contribution in [0.5, 0.6) is 0 Å². The molecule has 9 nitrogen and oxygen atoms in total. The summed E-state index contributed by atoms with van der Waals surface area (Å²) in [7, 11) is 1.86. The molecule has 3 aromatic rings. The van der Waals surface area contributed by atoms with Gasteiger partial charge in [0.25, 0.3) is 5.91 Å². The second kappa shape index (κ2) is 11.0. The molecule has 2 aromatic heterocycles. The van der Waals surface area contributed by atoms with Crippen molar-refractivity contribution in [3.63, 3.8) is 0 Å². The number of morpholine rings is 1. The maximum Gasteiger partial charge on any atom is 0.490 e. The van der Waals surface area contributed by atoms with E-state index >= 15 is 0 Å². The van der Waals surface area contributed by atoms with Gasteiger partial charge >= 0.3 is 12.1 Å². The van der Waals surface area contributed by atoms with E-state index in [1.807, 2.05) is 55.1 Å². The third-order valence-corrected chi connectivity index (χ3v) is 5.14. The predicted molar refractivity (Wildman–Crippen MR) is 122 cm³/mol. The number of carbonyl (C=O) groups excluding carboxylic acids is 1. The van der Waals surface area contributed by atoms with Gasteiger partial charge in [0.15, 0.2) is 0 Å². The van der Waals surface area contributed by atoms with Crippen LogP contribution in [-0.4, -0.2) is 64.0 Å². The monoisotopic (exact) mass is 491 g/mol. The molecule has 2 N–H and O–H groups in total. The fraction of sp³-hybridized carbons (Fsp3) is 0.304. The maximum atomic E-state index is 12.7. The Morgan fingerprint density at radius 3 is 2.26 bits per heavy atom. The molecule has 0 radical (unpaired) electrons. The summed E-state index contributed by atoms with van der Waals surface area (Å²) in [6.07, 6.45) is 0.437. The van der Waals surface area contributed by atoms with Gasteiger partial charge in [-0.2, -0.15) is 13.2 Å². The third-order valence-electron chi connectivity index (χ3n) is 5.14. The second-order valence-corrected chi connectivity index (χ2v) is 7.67. The van der Waals surface area contributed by atoms with Crippen LogP contribution in [0.4, 0.5) is 24.8 Å². The summed E-state index contributed by atoms with van der Waals surface area (Å²) in [5, 5.41) is 10.1. The number of ether oxygens (including phenoxy) is 1. The van der Waals surface area contributed by atoms with E-state index in [1.165, 1.54) is 0 Å². The number of carboxylic acids is 1. The zero-order valence-corrected chi connectivity index (χ0v) is 19.0. The average molecular weight is 491 g/mol. The molecule has 0 unspecified atom stereocenters. The fourth-order valence-electron chi connectivity index (χ4n) is 3.24. The molecule has 0 atom stereocenters. The Morgan fingerprint density at radius 2 is 1.69 bits per heavy atom. The SMILES string of the molecule is Cc1ccccc1NC(=O)c1cc(-c2cnc(N3CCOCC3)nc2)cn1C.O=C(O)C(F)(F)F. The number of carboxylic acid groups (broad SMARTS) is 1. The molecular formula is C23H24F3N5O4. The zero-order chi connectivity index (χ0) is 25.6. The lowest BCUT2D eigenvalue weighted by Crippen LogP contribution is -2.37. The highest BCUT2D eigenvalue weighted by molar-refractivity contribution is 6.04. The lowest BCUT2D eigenvalue weighted by atomic mass is 10.1. The van der Waals surface area contributed by atoms with Crippen molar-refractivity contribution in [1.29, 1.82) is 0 Å². The van der Waals surface area contributed by atoms with E-state index in [1.54, 1.807) is 12.4 Å². The third kappa shape index (κ3) is 6.79. The van der Waals surface area contributed by atoms with Crippen molar-refractivity contribution in [1.82, 2.24) is 14.5 Å². The van der Waals surface area contributed by atoms with Crippen LogP contribution < -0.4 is 10.2 Å². The first-order valence-electron chi connectivity index (χ1n) is 10.5. The van der Waals surface area contributed by atoms with Gasteiger partial charge in [0, 0.05) is 55.5 Å².